The molecule has 0 spiro atoms. The van der Waals surface area contributed by atoms with Gasteiger partial charge in [-0.3, -0.25) is 14.2 Å². The number of benzene rings is 1. The van der Waals surface area contributed by atoms with Gasteiger partial charge in [-0.05, 0) is 26.2 Å². The average molecular weight is 439 g/mol. The zero-order valence-corrected chi connectivity index (χ0v) is 19.4. The van der Waals surface area contributed by atoms with Crippen LogP contribution in [0.15, 0.2) is 58.4 Å². The van der Waals surface area contributed by atoms with Crippen molar-refractivity contribution in [2.75, 3.05) is 12.4 Å². The third-order valence-electron chi connectivity index (χ3n) is 4.74. The van der Waals surface area contributed by atoms with Gasteiger partial charge in [-0.2, -0.15) is 0 Å². The molecule has 1 fully saturated rings. The van der Waals surface area contributed by atoms with E-state index in [2.05, 4.69) is 21.4 Å². The lowest BCUT2D eigenvalue weighted by molar-refractivity contribution is 0.111. The molecule has 1 N–H and O–H groups in total. The minimum absolute atomic E-state index is 0.00572. The molecule has 2 aromatic heterocycles. The summed E-state index contributed by atoms with van der Waals surface area (Å²) in [7, 11) is 1.74. The van der Waals surface area contributed by atoms with Crippen LogP contribution in [0.1, 0.15) is 49.4 Å². The Morgan fingerprint density at radius 3 is 2.45 bits per heavy atom. The first kappa shape index (κ1) is 24.2. The van der Waals surface area contributed by atoms with Gasteiger partial charge in [0.2, 0.25) is 0 Å². The van der Waals surface area contributed by atoms with Gasteiger partial charge in [-0.25, -0.2) is 9.97 Å². The van der Waals surface area contributed by atoms with Crippen LogP contribution in [-0.4, -0.2) is 27.9 Å². The first-order chi connectivity index (χ1) is 15.1. The fourth-order valence-corrected chi connectivity index (χ4v) is 3.59. The van der Waals surface area contributed by atoms with Gasteiger partial charge < -0.3 is 5.32 Å². The van der Waals surface area contributed by atoms with Crippen molar-refractivity contribution in [3.05, 3.63) is 75.4 Å². The molecule has 31 heavy (non-hydrogen) atoms. The summed E-state index contributed by atoms with van der Waals surface area (Å²) >= 11 is 1.48. The molecule has 0 aliphatic heterocycles. The van der Waals surface area contributed by atoms with Crippen molar-refractivity contribution >= 4 is 23.3 Å². The monoisotopic (exact) mass is 438 g/mol. The number of rotatable bonds is 5. The normalized spacial score (nSPS) is 11.8. The van der Waals surface area contributed by atoms with E-state index in [9.17, 15) is 9.59 Å². The quantitative estimate of drug-likeness (QED) is 0.429. The molecule has 3 aromatic rings. The molecule has 1 saturated carbocycles. The second-order valence-corrected chi connectivity index (χ2v) is 7.52. The maximum atomic E-state index is 12.0. The van der Waals surface area contributed by atoms with Gasteiger partial charge in [0.15, 0.2) is 6.29 Å². The summed E-state index contributed by atoms with van der Waals surface area (Å²) in [5, 5.41) is 5.51. The molecule has 0 atom stereocenters. The van der Waals surface area contributed by atoms with Crippen LogP contribution in [0.4, 0.5) is 5.69 Å². The molecule has 0 saturated heterocycles. The zero-order valence-electron chi connectivity index (χ0n) is 18.6. The van der Waals surface area contributed by atoms with Crippen molar-refractivity contribution in [2.45, 2.75) is 46.6 Å². The number of hydrogen-bond acceptors (Lipinski definition) is 6. The number of thiazole rings is 1. The second kappa shape index (κ2) is 12.6. The van der Waals surface area contributed by atoms with Crippen LogP contribution >= 0.6 is 11.3 Å². The van der Waals surface area contributed by atoms with E-state index in [0.29, 0.717) is 17.9 Å². The molecular formula is C24H30N4O2S. The van der Waals surface area contributed by atoms with E-state index >= 15 is 0 Å². The van der Waals surface area contributed by atoms with Crippen LogP contribution < -0.4 is 10.9 Å². The van der Waals surface area contributed by atoms with E-state index in [4.69, 9.17) is 0 Å². The number of nitrogens with one attached hydrogen (secondary N) is 1. The summed E-state index contributed by atoms with van der Waals surface area (Å²) < 4.78 is 1.71. The number of nitrogens with zero attached hydrogens (tertiary/aromatic N) is 3. The number of carbonyl (C=O) groups excluding carboxylic acids is 1. The highest BCUT2D eigenvalue weighted by molar-refractivity contribution is 7.13. The van der Waals surface area contributed by atoms with Crippen molar-refractivity contribution in [3.63, 3.8) is 0 Å². The topological polar surface area (TPSA) is 76.9 Å². The zero-order chi connectivity index (χ0) is 22.6. The van der Waals surface area contributed by atoms with Gasteiger partial charge in [0.25, 0.3) is 5.56 Å². The molecule has 0 radical (unpaired) electrons. The fourth-order valence-electron chi connectivity index (χ4n) is 2.82. The average Bonchev–Trinajstić information content (AvgIpc) is 3.27. The van der Waals surface area contributed by atoms with Gasteiger partial charge in [0.05, 0.1) is 6.20 Å². The summed E-state index contributed by atoms with van der Waals surface area (Å²) in [6.07, 6.45) is 8.17. The van der Waals surface area contributed by atoms with E-state index in [0.717, 1.165) is 22.7 Å². The lowest BCUT2D eigenvalue weighted by atomic mass is 9.92. The first-order valence-electron chi connectivity index (χ1n) is 10.5. The molecule has 1 aromatic carbocycles. The standard InChI is InChI=1S/C12H17N3O.C10H7NOS.C2H6/c1-9-14-8-11(13-2)12(16)15(9)7-6-10-4-3-5-10;12-6-9-7-13-10(11-9)8-4-2-1-3-5-8;1-2/h6,8,13H,3-5,7H2,1-2H3;1-7H;1-2H3. The Labute approximate surface area is 187 Å². The molecule has 0 amide bonds. The highest BCUT2D eigenvalue weighted by atomic mass is 32.1. The number of aromatic nitrogens is 3. The first-order valence-corrected chi connectivity index (χ1v) is 11.4. The van der Waals surface area contributed by atoms with Gasteiger partial charge in [-0.15, -0.1) is 11.3 Å². The van der Waals surface area contributed by atoms with E-state index < -0.39 is 0 Å². The summed E-state index contributed by atoms with van der Waals surface area (Å²) in [5.74, 6) is 0.764. The van der Waals surface area contributed by atoms with E-state index in [-0.39, 0.29) is 5.56 Å². The van der Waals surface area contributed by atoms with Crippen molar-refractivity contribution in [2.24, 2.45) is 0 Å². The number of hydrogen-bond donors (Lipinski definition) is 1. The Hall–Kier alpha value is -3.06. The van der Waals surface area contributed by atoms with Crippen LogP contribution in [0, 0.1) is 6.92 Å². The Bertz CT molecular complexity index is 1050. The van der Waals surface area contributed by atoms with Gasteiger partial charge in [0, 0.05) is 24.5 Å². The molecule has 1 aliphatic carbocycles. The Morgan fingerprint density at radius 2 is 1.90 bits per heavy atom. The largest absolute Gasteiger partial charge is 0.382 e. The predicted molar refractivity (Wildman–Crippen MR) is 129 cm³/mol. The van der Waals surface area contributed by atoms with Crippen LogP contribution in [0.2, 0.25) is 0 Å². The van der Waals surface area contributed by atoms with Crippen molar-refractivity contribution < 1.29 is 4.79 Å². The summed E-state index contributed by atoms with van der Waals surface area (Å²) in [6.45, 7) is 6.50. The molecular weight excluding hydrogens is 408 g/mol. The Kier molecular flexibility index (Phi) is 9.84. The lowest BCUT2D eigenvalue weighted by Gasteiger charge is -2.17. The fraction of sp³-hybridized carbons (Fsp3) is 0.333. The molecule has 1 aliphatic rings. The smallest absolute Gasteiger partial charge is 0.277 e. The van der Waals surface area contributed by atoms with Crippen molar-refractivity contribution in [1.82, 2.24) is 14.5 Å². The number of aryl methyl sites for hydroxylation is 1. The molecule has 0 unspecified atom stereocenters. The number of anilines is 1. The maximum absolute atomic E-state index is 12.0. The van der Waals surface area contributed by atoms with E-state index in [1.165, 1.54) is 36.2 Å². The predicted octanol–water partition coefficient (Wildman–Crippen LogP) is 5.35. The van der Waals surface area contributed by atoms with Crippen molar-refractivity contribution in [3.8, 4) is 10.6 Å². The molecule has 0 bridgehead atoms. The van der Waals surface area contributed by atoms with Crippen molar-refractivity contribution in [1.29, 1.82) is 0 Å². The van der Waals surface area contributed by atoms with Gasteiger partial charge in [-0.1, -0.05) is 55.8 Å². The van der Waals surface area contributed by atoms with Crippen LogP contribution in [-0.2, 0) is 6.54 Å². The van der Waals surface area contributed by atoms with Gasteiger partial charge >= 0.3 is 0 Å². The number of aldehydes is 1. The Morgan fingerprint density at radius 1 is 1.19 bits per heavy atom. The summed E-state index contributed by atoms with van der Waals surface area (Å²) in [4.78, 5) is 30.7. The summed E-state index contributed by atoms with van der Waals surface area (Å²) in [5.41, 5.74) is 3.58. The SMILES string of the molecule is CC.CNc1cnc(C)n(CC=C2CCC2)c1=O.O=Cc1csc(-c2ccccc2)n1. The minimum Gasteiger partial charge on any atom is -0.382 e. The van der Waals surface area contributed by atoms with Crippen LogP contribution in [0.25, 0.3) is 10.6 Å². The third-order valence-corrected chi connectivity index (χ3v) is 5.65. The highest BCUT2D eigenvalue weighted by Gasteiger charge is 2.09. The van der Waals surface area contributed by atoms with Crippen LogP contribution in [0.5, 0.6) is 0 Å². The van der Waals surface area contributed by atoms with E-state index in [1.807, 2.05) is 51.1 Å². The molecule has 2 heterocycles. The minimum atomic E-state index is 0.00572. The third kappa shape index (κ3) is 6.72. The molecule has 164 valence electrons. The molecule has 6 nitrogen and oxygen atoms in total. The second-order valence-electron chi connectivity index (χ2n) is 6.66. The lowest BCUT2D eigenvalue weighted by Crippen LogP contribution is -2.25. The molecule has 7 heteroatoms. The Balaban J connectivity index is 0.000000208. The number of allylic oxidation sites excluding steroid dienone is 2. The van der Waals surface area contributed by atoms with Gasteiger partial charge in [0.1, 0.15) is 22.2 Å². The summed E-state index contributed by atoms with van der Waals surface area (Å²) in [6, 6.07) is 9.83. The highest BCUT2D eigenvalue weighted by Crippen LogP contribution is 2.25. The number of carbonyl (C=O) groups is 1. The van der Waals surface area contributed by atoms with E-state index in [1.54, 1.807) is 23.2 Å². The maximum Gasteiger partial charge on any atom is 0.277 e. The molecule has 4 rings (SSSR count). The van der Waals surface area contributed by atoms with Crippen LogP contribution in [0.3, 0.4) is 0 Å².